The van der Waals surface area contributed by atoms with Gasteiger partial charge in [0.25, 0.3) is 0 Å². The maximum Gasteiger partial charge on any atom is 0.209 e. The van der Waals surface area contributed by atoms with Gasteiger partial charge in [0.1, 0.15) is 0 Å². The largest absolute Gasteiger partial charge is 0.504 e. The molecule has 0 aliphatic carbocycles. The van der Waals surface area contributed by atoms with Crippen molar-refractivity contribution in [2.24, 2.45) is 20.8 Å². The van der Waals surface area contributed by atoms with Crippen LogP contribution in [0.15, 0.2) is 39.4 Å². The number of aliphatic imine (C=N–C) groups is 2. The number of unbranched alkanes of at least 4 members (excludes halogenated alkanes) is 1. The van der Waals surface area contributed by atoms with Gasteiger partial charge in [0.2, 0.25) is 5.96 Å². The summed E-state index contributed by atoms with van der Waals surface area (Å²) in [5, 5.41) is 22.5. The second-order valence-electron chi connectivity index (χ2n) is 6.74. The summed E-state index contributed by atoms with van der Waals surface area (Å²) < 4.78 is 26.2. The number of nitrogens with two attached hydrogens (primary N) is 1. The minimum absolute atomic E-state index is 0.129. The fraction of sp³-hybridized carbons (Fsp3) is 0.423. The summed E-state index contributed by atoms with van der Waals surface area (Å²) in [4.78, 5) is 7.73. The maximum atomic E-state index is 13.1. The highest BCUT2D eigenvalue weighted by Crippen LogP contribution is 2.22. The average Bonchev–Trinajstić information content (AvgIpc) is 2.85. The van der Waals surface area contributed by atoms with Crippen LogP contribution >= 0.6 is 0 Å². The van der Waals surface area contributed by atoms with Gasteiger partial charge in [0.15, 0.2) is 23.1 Å². The lowest BCUT2D eigenvalue weighted by atomic mass is 10.1. The van der Waals surface area contributed by atoms with Crippen molar-refractivity contribution in [3.05, 3.63) is 58.2 Å². The average molecular weight is 494 g/mol. The first-order valence-corrected chi connectivity index (χ1v) is 11.7. The molecule has 0 aliphatic rings. The molecule has 2 aromatic carbocycles. The van der Waals surface area contributed by atoms with Crippen molar-refractivity contribution in [2.75, 3.05) is 13.6 Å². The van der Waals surface area contributed by atoms with Gasteiger partial charge < -0.3 is 15.9 Å². The van der Waals surface area contributed by atoms with Crippen LogP contribution in [0.25, 0.3) is 0 Å². The van der Waals surface area contributed by atoms with Crippen LogP contribution in [0.3, 0.4) is 0 Å². The molecule has 0 unspecified atom stereocenters. The highest BCUT2D eigenvalue weighted by Gasteiger charge is 2.06. The third kappa shape index (κ3) is 13.7. The zero-order valence-electron chi connectivity index (χ0n) is 22.2. The molecule has 0 amide bonds. The molecule has 0 fully saturated rings. The lowest BCUT2D eigenvalue weighted by Gasteiger charge is -2.02. The van der Waals surface area contributed by atoms with Crippen molar-refractivity contribution in [3.63, 3.8) is 0 Å². The molecular formula is C26H41F2N5O2. The first-order valence-electron chi connectivity index (χ1n) is 11.7. The SMILES string of the molecule is CC.CC.CCCCN=Cc1cc(C)cc(F)c1O.CN=C(N)N/N=C/c1cc(C)cc(F)c1O. The Hall–Kier alpha value is -3.49. The molecule has 0 aromatic heterocycles. The van der Waals surface area contributed by atoms with Crippen LogP contribution in [0, 0.1) is 25.5 Å². The maximum absolute atomic E-state index is 13.1. The van der Waals surface area contributed by atoms with E-state index in [1.165, 1.54) is 31.6 Å². The molecule has 0 bridgehead atoms. The fourth-order valence-electron chi connectivity index (χ4n) is 2.35. The minimum Gasteiger partial charge on any atom is -0.504 e. The Morgan fingerprint density at radius 1 is 0.914 bits per heavy atom. The molecular weight excluding hydrogens is 452 g/mol. The quantitative estimate of drug-likeness (QED) is 0.176. The summed E-state index contributed by atoms with van der Waals surface area (Å²) in [5.41, 5.74) is 9.92. The van der Waals surface area contributed by atoms with Gasteiger partial charge in [-0.1, -0.05) is 41.0 Å². The number of halogens is 2. The number of phenolic OH excluding ortho intramolecular Hbond substituents is 2. The predicted octanol–water partition coefficient (Wildman–Crippen LogP) is 5.82. The third-order valence-electron chi connectivity index (χ3n) is 3.97. The molecule has 5 N–H and O–H groups in total. The highest BCUT2D eigenvalue weighted by atomic mass is 19.1. The Morgan fingerprint density at radius 2 is 1.37 bits per heavy atom. The van der Waals surface area contributed by atoms with Gasteiger partial charge >= 0.3 is 0 Å². The second kappa shape index (κ2) is 19.9. The van der Waals surface area contributed by atoms with Gasteiger partial charge in [0.05, 0.1) is 6.21 Å². The molecule has 9 heteroatoms. The van der Waals surface area contributed by atoms with Crippen LogP contribution in [0.2, 0.25) is 0 Å². The van der Waals surface area contributed by atoms with Crippen molar-refractivity contribution < 1.29 is 19.0 Å². The number of rotatable bonds is 6. The molecule has 2 aromatic rings. The van der Waals surface area contributed by atoms with Crippen molar-refractivity contribution in [2.45, 2.75) is 61.3 Å². The lowest BCUT2D eigenvalue weighted by Crippen LogP contribution is -2.26. The lowest BCUT2D eigenvalue weighted by molar-refractivity contribution is 0.431. The Bertz CT molecular complexity index is 961. The van der Waals surface area contributed by atoms with Crippen molar-refractivity contribution in [1.29, 1.82) is 0 Å². The second-order valence-corrected chi connectivity index (χ2v) is 6.74. The number of benzene rings is 2. The summed E-state index contributed by atoms with van der Waals surface area (Å²) in [6.45, 7) is 14.3. The van der Waals surface area contributed by atoms with Gasteiger partial charge in [-0.3, -0.25) is 9.98 Å². The molecule has 0 spiro atoms. The number of aromatic hydroxyl groups is 2. The Labute approximate surface area is 208 Å². The molecule has 196 valence electrons. The monoisotopic (exact) mass is 493 g/mol. The number of hydrazone groups is 1. The zero-order chi connectivity index (χ0) is 27.4. The van der Waals surface area contributed by atoms with E-state index >= 15 is 0 Å². The Balaban J connectivity index is 0. The van der Waals surface area contributed by atoms with Crippen LogP contribution in [0.4, 0.5) is 8.78 Å². The van der Waals surface area contributed by atoms with Gasteiger partial charge in [-0.2, -0.15) is 5.10 Å². The van der Waals surface area contributed by atoms with E-state index in [-0.39, 0.29) is 17.3 Å². The molecule has 35 heavy (non-hydrogen) atoms. The van der Waals surface area contributed by atoms with Gasteiger partial charge in [-0.25, -0.2) is 14.2 Å². The number of aryl methyl sites for hydroxylation is 2. The van der Waals surface area contributed by atoms with E-state index in [0.717, 1.165) is 18.4 Å². The Kier molecular flexibility index (Phi) is 19.2. The number of nitrogens with one attached hydrogen (secondary N) is 1. The van der Waals surface area contributed by atoms with E-state index in [1.807, 2.05) is 27.7 Å². The topological polar surface area (TPSA) is 116 Å². The molecule has 0 aliphatic heterocycles. The van der Waals surface area contributed by atoms with Crippen LogP contribution in [-0.2, 0) is 0 Å². The molecule has 2 rings (SSSR count). The first kappa shape index (κ1) is 33.7. The van der Waals surface area contributed by atoms with E-state index in [9.17, 15) is 19.0 Å². The minimum atomic E-state index is -0.682. The number of guanidine groups is 1. The van der Waals surface area contributed by atoms with Gasteiger partial charge in [-0.05, 0) is 55.7 Å². The number of phenols is 2. The predicted molar refractivity (Wildman–Crippen MR) is 144 cm³/mol. The van der Waals surface area contributed by atoms with E-state index in [0.29, 0.717) is 17.7 Å². The first-order chi connectivity index (χ1) is 16.7. The van der Waals surface area contributed by atoms with Gasteiger partial charge in [0, 0.05) is 30.9 Å². The van der Waals surface area contributed by atoms with E-state index in [1.54, 1.807) is 26.0 Å². The molecule has 7 nitrogen and oxygen atoms in total. The van der Waals surface area contributed by atoms with Crippen LogP contribution < -0.4 is 11.2 Å². The highest BCUT2D eigenvalue weighted by molar-refractivity contribution is 5.86. The fourth-order valence-corrected chi connectivity index (χ4v) is 2.35. The van der Waals surface area contributed by atoms with Crippen molar-refractivity contribution in [3.8, 4) is 11.5 Å². The summed E-state index contributed by atoms with van der Waals surface area (Å²) in [5.74, 6) is -1.90. The zero-order valence-corrected chi connectivity index (χ0v) is 22.2. The summed E-state index contributed by atoms with van der Waals surface area (Å²) in [6, 6.07) is 5.86. The number of hydrogen-bond acceptors (Lipinski definition) is 5. The summed E-state index contributed by atoms with van der Waals surface area (Å²) in [6.07, 6.45) is 4.88. The van der Waals surface area contributed by atoms with Crippen LogP contribution in [0.1, 0.15) is 69.7 Å². The number of hydrogen-bond donors (Lipinski definition) is 4. The van der Waals surface area contributed by atoms with Gasteiger partial charge in [-0.15, -0.1) is 0 Å². The standard InChI is InChI=1S/C12H16FNO.C10H13FN4O.2C2H6/c1-3-4-5-14-8-10-6-9(2)7-11(13)12(10)15;1-6-3-7(9(16)8(11)4-6)5-14-15-10(12)13-2;2*1-2/h6-8,15H,3-5H2,1-2H3;3-5,16H,1-2H3,(H3,12,13,15);2*1-2H3/b;14-5+;;. The molecule has 0 atom stereocenters. The summed E-state index contributed by atoms with van der Waals surface area (Å²) in [7, 11) is 1.50. The molecule has 0 saturated heterocycles. The van der Waals surface area contributed by atoms with Crippen molar-refractivity contribution in [1.82, 2.24) is 5.43 Å². The molecule has 0 radical (unpaired) electrons. The molecule has 0 heterocycles. The van der Waals surface area contributed by atoms with Crippen LogP contribution in [-0.4, -0.2) is 42.2 Å². The third-order valence-corrected chi connectivity index (χ3v) is 3.97. The molecule has 0 saturated carbocycles. The normalized spacial score (nSPS) is 10.6. The summed E-state index contributed by atoms with van der Waals surface area (Å²) >= 11 is 0. The Morgan fingerprint density at radius 3 is 1.80 bits per heavy atom. The van der Waals surface area contributed by atoms with Crippen molar-refractivity contribution >= 4 is 18.4 Å². The van der Waals surface area contributed by atoms with Crippen LogP contribution in [0.5, 0.6) is 11.5 Å². The van der Waals surface area contributed by atoms with E-state index in [2.05, 4.69) is 27.4 Å². The van der Waals surface area contributed by atoms with E-state index < -0.39 is 17.4 Å². The van der Waals surface area contributed by atoms with E-state index in [4.69, 9.17) is 5.73 Å². The smallest absolute Gasteiger partial charge is 0.209 e. The number of nitrogens with zero attached hydrogens (tertiary/aromatic N) is 3.